The van der Waals surface area contributed by atoms with Gasteiger partial charge in [-0.05, 0) is 45.9 Å². The Balaban J connectivity index is 1.71. The van der Waals surface area contributed by atoms with Crippen molar-refractivity contribution in [2.75, 3.05) is 24.5 Å². The second kappa shape index (κ2) is 8.87. The Morgan fingerprint density at radius 3 is 2.59 bits per heavy atom. The van der Waals surface area contributed by atoms with Crippen molar-refractivity contribution < 1.29 is 23.4 Å². The first-order valence-corrected chi connectivity index (χ1v) is 11.2. The molecule has 1 aromatic heterocycles. The average Bonchev–Trinajstić information content (AvgIpc) is 2.74. The molecule has 2 aromatic carbocycles. The predicted molar refractivity (Wildman–Crippen MR) is 126 cm³/mol. The summed E-state index contributed by atoms with van der Waals surface area (Å²) in [5.41, 5.74) is -1.24. The molecule has 1 atom stereocenters. The molecule has 1 saturated heterocycles. The van der Waals surface area contributed by atoms with Gasteiger partial charge in [0, 0.05) is 36.6 Å². The lowest BCUT2D eigenvalue weighted by atomic mass is 10.0. The van der Waals surface area contributed by atoms with Crippen molar-refractivity contribution in [2.45, 2.75) is 39.3 Å². The SMILES string of the molecule is C[C@H]1CN(C(=O)OC(C)(C)C)CCN1c1ncnc2c(F)c(-c3c(O)cccc3F)c(Cl)cc12. The van der Waals surface area contributed by atoms with Crippen LogP contribution in [0.5, 0.6) is 5.75 Å². The molecular weight excluding hydrogens is 466 g/mol. The first-order valence-electron chi connectivity index (χ1n) is 10.8. The Labute approximate surface area is 200 Å². The highest BCUT2D eigenvalue weighted by molar-refractivity contribution is 6.34. The van der Waals surface area contributed by atoms with Gasteiger partial charge in [-0.2, -0.15) is 0 Å². The molecule has 180 valence electrons. The van der Waals surface area contributed by atoms with Crippen molar-refractivity contribution in [3.63, 3.8) is 0 Å². The number of carbonyl (C=O) groups is 1. The maximum atomic E-state index is 15.6. The van der Waals surface area contributed by atoms with Crippen LogP contribution in [-0.2, 0) is 4.74 Å². The van der Waals surface area contributed by atoms with E-state index in [1.54, 1.807) is 4.90 Å². The van der Waals surface area contributed by atoms with E-state index in [0.717, 1.165) is 6.07 Å². The van der Waals surface area contributed by atoms with Crippen LogP contribution in [0, 0.1) is 11.6 Å². The number of hydrogen-bond acceptors (Lipinski definition) is 6. The zero-order chi connectivity index (χ0) is 24.8. The number of fused-ring (bicyclic) bond motifs is 1. The summed E-state index contributed by atoms with van der Waals surface area (Å²) in [5.74, 6) is -1.64. The fourth-order valence-corrected chi connectivity index (χ4v) is 4.39. The van der Waals surface area contributed by atoms with Crippen LogP contribution in [0.25, 0.3) is 22.0 Å². The monoisotopic (exact) mass is 490 g/mol. The summed E-state index contributed by atoms with van der Waals surface area (Å²) in [6.07, 6.45) is 0.835. The summed E-state index contributed by atoms with van der Waals surface area (Å²) in [6.45, 7) is 8.57. The first kappa shape index (κ1) is 23.9. The molecule has 0 unspecified atom stereocenters. The van der Waals surface area contributed by atoms with Crippen LogP contribution in [-0.4, -0.2) is 57.3 Å². The van der Waals surface area contributed by atoms with E-state index < -0.39 is 29.1 Å². The first-order chi connectivity index (χ1) is 16.0. The van der Waals surface area contributed by atoms with Crippen molar-refractivity contribution in [2.24, 2.45) is 0 Å². The predicted octanol–water partition coefficient (Wildman–Crippen LogP) is 5.38. The zero-order valence-corrected chi connectivity index (χ0v) is 20.0. The van der Waals surface area contributed by atoms with Gasteiger partial charge in [-0.1, -0.05) is 17.7 Å². The number of benzene rings is 2. The largest absolute Gasteiger partial charge is 0.507 e. The van der Waals surface area contributed by atoms with Gasteiger partial charge in [-0.15, -0.1) is 0 Å². The molecule has 34 heavy (non-hydrogen) atoms. The number of ether oxygens (including phenoxy) is 1. The summed E-state index contributed by atoms with van der Waals surface area (Å²) in [7, 11) is 0. The number of anilines is 1. The van der Waals surface area contributed by atoms with E-state index in [1.165, 1.54) is 24.5 Å². The fourth-order valence-electron chi connectivity index (χ4n) is 4.10. The van der Waals surface area contributed by atoms with Gasteiger partial charge in [0.05, 0.1) is 10.6 Å². The Bertz CT molecular complexity index is 1240. The highest BCUT2D eigenvalue weighted by Crippen LogP contribution is 2.42. The maximum absolute atomic E-state index is 15.6. The summed E-state index contributed by atoms with van der Waals surface area (Å²) in [5, 5.41) is 10.4. The van der Waals surface area contributed by atoms with Gasteiger partial charge in [0.25, 0.3) is 0 Å². The normalized spacial score (nSPS) is 16.7. The van der Waals surface area contributed by atoms with Crippen LogP contribution in [0.3, 0.4) is 0 Å². The number of halogens is 3. The molecule has 0 bridgehead atoms. The van der Waals surface area contributed by atoms with E-state index in [-0.39, 0.29) is 27.7 Å². The molecule has 1 fully saturated rings. The van der Waals surface area contributed by atoms with E-state index in [0.29, 0.717) is 30.8 Å². The van der Waals surface area contributed by atoms with Crippen LogP contribution in [0.15, 0.2) is 30.6 Å². The number of piperazine rings is 1. The molecule has 4 rings (SSSR count). The Kier molecular flexibility index (Phi) is 6.24. The van der Waals surface area contributed by atoms with Gasteiger partial charge >= 0.3 is 6.09 Å². The van der Waals surface area contributed by atoms with E-state index in [2.05, 4.69) is 9.97 Å². The fraction of sp³-hybridized carbons (Fsp3) is 0.375. The second-order valence-corrected chi connectivity index (χ2v) is 9.65. The molecule has 1 aliphatic rings. The van der Waals surface area contributed by atoms with Gasteiger partial charge in [0.1, 0.15) is 34.8 Å². The molecule has 0 saturated carbocycles. The summed E-state index contributed by atoms with van der Waals surface area (Å²) in [4.78, 5) is 24.5. The third-order valence-electron chi connectivity index (χ3n) is 5.59. The average molecular weight is 491 g/mol. The highest BCUT2D eigenvalue weighted by Gasteiger charge is 2.32. The maximum Gasteiger partial charge on any atom is 0.410 e. The van der Waals surface area contributed by atoms with Crippen molar-refractivity contribution in [3.8, 4) is 16.9 Å². The summed E-state index contributed by atoms with van der Waals surface area (Å²) >= 11 is 6.40. The molecule has 0 spiro atoms. The van der Waals surface area contributed by atoms with E-state index in [9.17, 15) is 14.3 Å². The highest BCUT2D eigenvalue weighted by atomic mass is 35.5. The quantitative estimate of drug-likeness (QED) is 0.519. The summed E-state index contributed by atoms with van der Waals surface area (Å²) in [6, 6.07) is 5.02. The minimum Gasteiger partial charge on any atom is -0.507 e. The molecular formula is C24H25ClF2N4O3. The van der Waals surface area contributed by atoms with Crippen LogP contribution in [0.2, 0.25) is 5.02 Å². The Morgan fingerprint density at radius 2 is 1.94 bits per heavy atom. The lowest BCUT2D eigenvalue weighted by molar-refractivity contribution is 0.0218. The van der Waals surface area contributed by atoms with E-state index >= 15 is 4.39 Å². The lowest BCUT2D eigenvalue weighted by Gasteiger charge is -2.41. The molecule has 7 nitrogen and oxygen atoms in total. The topological polar surface area (TPSA) is 78.8 Å². The smallest absolute Gasteiger partial charge is 0.410 e. The molecule has 2 heterocycles. The third kappa shape index (κ3) is 4.44. The van der Waals surface area contributed by atoms with E-state index in [1.807, 2.05) is 32.6 Å². The zero-order valence-electron chi connectivity index (χ0n) is 19.3. The van der Waals surface area contributed by atoms with E-state index in [4.69, 9.17) is 16.3 Å². The molecule has 0 aliphatic carbocycles. The molecule has 0 radical (unpaired) electrons. The number of amides is 1. The van der Waals surface area contributed by atoms with Gasteiger partial charge < -0.3 is 19.6 Å². The third-order valence-corrected chi connectivity index (χ3v) is 5.89. The number of aromatic nitrogens is 2. The number of carbonyl (C=O) groups excluding carboxylic acids is 1. The summed E-state index contributed by atoms with van der Waals surface area (Å²) < 4.78 is 35.5. The minimum absolute atomic E-state index is 0.0474. The lowest BCUT2D eigenvalue weighted by Crippen LogP contribution is -2.54. The Hall–Kier alpha value is -3.20. The number of rotatable bonds is 2. The number of phenolic OH excluding ortho intramolecular Hbond substituents is 1. The van der Waals surface area contributed by atoms with Crippen LogP contribution >= 0.6 is 11.6 Å². The second-order valence-electron chi connectivity index (χ2n) is 9.24. The minimum atomic E-state index is -0.855. The Morgan fingerprint density at radius 1 is 1.21 bits per heavy atom. The number of aromatic hydroxyl groups is 1. The van der Waals surface area contributed by atoms with Gasteiger partial charge in [-0.25, -0.2) is 23.5 Å². The molecule has 3 aromatic rings. The van der Waals surface area contributed by atoms with Crippen LogP contribution < -0.4 is 4.90 Å². The standard InChI is InChI=1S/C24H25ClF2N4O3/c1-13-11-30(23(33)34-24(2,3)4)8-9-31(13)22-14-10-15(25)18(20(27)21(14)28-12-29-22)19-16(26)6-5-7-17(19)32/h5-7,10,12-13,32H,8-9,11H2,1-4H3/t13-/m0/s1. The molecule has 1 amide bonds. The molecule has 1 aliphatic heterocycles. The number of phenols is 1. The van der Waals surface area contributed by atoms with Crippen molar-refractivity contribution in [1.29, 1.82) is 0 Å². The van der Waals surface area contributed by atoms with Gasteiger partial charge in [-0.3, -0.25) is 0 Å². The molecule has 10 heteroatoms. The van der Waals surface area contributed by atoms with Crippen molar-refractivity contribution in [3.05, 3.63) is 47.2 Å². The number of hydrogen-bond donors (Lipinski definition) is 1. The van der Waals surface area contributed by atoms with Gasteiger partial charge in [0.2, 0.25) is 0 Å². The van der Waals surface area contributed by atoms with Crippen LogP contribution in [0.4, 0.5) is 19.4 Å². The van der Waals surface area contributed by atoms with Gasteiger partial charge in [0.15, 0.2) is 5.82 Å². The molecule has 1 N–H and O–H groups in total. The van der Waals surface area contributed by atoms with Crippen LogP contribution in [0.1, 0.15) is 27.7 Å². The van der Waals surface area contributed by atoms with Crippen molar-refractivity contribution in [1.82, 2.24) is 14.9 Å². The number of nitrogens with zero attached hydrogens (tertiary/aromatic N) is 4. The van der Waals surface area contributed by atoms with Crippen molar-refractivity contribution >= 4 is 34.4 Å².